The third-order valence-electron chi connectivity index (χ3n) is 4.87. The van der Waals surface area contributed by atoms with Crippen LogP contribution >= 0.6 is 11.6 Å². The standard InChI is InChI=1S/C23H20ClN3O2/c1-27(15-21-25-23(26-29-21)19-11-4-5-12-20(19)24)22(28)14-13-17-9-6-8-16-7-2-3-10-18(16)17/h2-12H,13-15H2,1H3. The van der Waals surface area contributed by atoms with Crippen LogP contribution in [0.2, 0.25) is 5.02 Å². The van der Waals surface area contributed by atoms with Crippen molar-refractivity contribution in [1.29, 1.82) is 0 Å². The predicted molar refractivity (Wildman–Crippen MR) is 113 cm³/mol. The minimum absolute atomic E-state index is 0.0235. The Hall–Kier alpha value is -3.18. The lowest BCUT2D eigenvalue weighted by Crippen LogP contribution is -2.26. The second-order valence-electron chi connectivity index (χ2n) is 6.88. The SMILES string of the molecule is CN(Cc1nc(-c2ccccc2Cl)no1)C(=O)CCc1cccc2ccccc12. The molecular weight excluding hydrogens is 386 g/mol. The van der Waals surface area contributed by atoms with Crippen molar-refractivity contribution >= 4 is 28.3 Å². The molecule has 4 rings (SSSR count). The molecule has 0 spiro atoms. The summed E-state index contributed by atoms with van der Waals surface area (Å²) >= 11 is 6.18. The molecule has 5 nitrogen and oxygen atoms in total. The Morgan fingerprint density at radius 3 is 2.66 bits per heavy atom. The van der Waals surface area contributed by atoms with E-state index in [1.54, 1.807) is 18.0 Å². The fraction of sp³-hybridized carbons (Fsp3) is 0.174. The molecule has 29 heavy (non-hydrogen) atoms. The maximum absolute atomic E-state index is 12.6. The zero-order valence-corrected chi connectivity index (χ0v) is 16.8. The summed E-state index contributed by atoms with van der Waals surface area (Å²) in [7, 11) is 1.74. The van der Waals surface area contributed by atoms with Gasteiger partial charge in [0.05, 0.1) is 11.6 Å². The lowest BCUT2D eigenvalue weighted by molar-refractivity contribution is -0.130. The van der Waals surface area contributed by atoms with Gasteiger partial charge in [-0.1, -0.05) is 71.4 Å². The Labute approximate surface area is 173 Å². The molecule has 0 bridgehead atoms. The van der Waals surface area contributed by atoms with E-state index in [4.69, 9.17) is 16.1 Å². The van der Waals surface area contributed by atoms with Gasteiger partial charge in [0.25, 0.3) is 0 Å². The molecule has 146 valence electrons. The van der Waals surface area contributed by atoms with Gasteiger partial charge in [-0.25, -0.2) is 0 Å². The summed E-state index contributed by atoms with van der Waals surface area (Å²) in [6.45, 7) is 0.256. The van der Waals surface area contributed by atoms with Crippen molar-refractivity contribution in [1.82, 2.24) is 15.0 Å². The van der Waals surface area contributed by atoms with Crippen LogP contribution < -0.4 is 0 Å². The maximum Gasteiger partial charge on any atom is 0.246 e. The van der Waals surface area contributed by atoms with E-state index in [0.29, 0.717) is 35.1 Å². The number of nitrogens with zero attached hydrogens (tertiary/aromatic N) is 3. The van der Waals surface area contributed by atoms with Gasteiger partial charge in [-0.3, -0.25) is 4.79 Å². The first kappa shape index (κ1) is 19.2. The van der Waals surface area contributed by atoms with Crippen LogP contribution in [-0.2, 0) is 17.8 Å². The molecule has 1 heterocycles. The molecule has 0 aliphatic heterocycles. The van der Waals surface area contributed by atoms with Crippen LogP contribution in [0, 0.1) is 0 Å². The normalized spacial score (nSPS) is 11.0. The minimum atomic E-state index is 0.0235. The van der Waals surface area contributed by atoms with E-state index in [1.807, 2.05) is 36.4 Å². The van der Waals surface area contributed by atoms with E-state index < -0.39 is 0 Å². The lowest BCUT2D eigenvalue weighted by Gasteiger charge is -2.15. The van der Waals surface area contributed by atoms with Gasteiger partial charge in [0.2, 0.25) is 17.6 Å². The van der Waals surface area contributed by atoms with Crippen LogP contribution in [0.4, 0.5) is 0 Å². The van der Waals surface area contributed by atoms with Crippen molar-refractivity contribution in [2.75, 3.05) is 7.05 Å². The number of hydrogen-bond acceptors (Lipinski definition) is 4. The molecule has 0 aliphatic rings. The van der Waals surface area contributed by atoms with E-state index in [2.05, 4.69) is 34.4 Å². The summed E-state index contributed by atoms with van der Waals surface area (Å²) in [5.41, 5.74) is 1.87. The van der Waals surface area contributed by atoms with E-state index >= 15 is 0 Å². The average Bonchev–Trinajstić information content (AvgIpc) is 3.20. The summed E-state index contributed by atoms with van der Waals surface area (Å²) in [6, 6.07) is 21.7. The Morgan fingerprint density at radius 2 is 1.79 bits per heavy atom. The lowest BCUT2D eigenvalue weighted by atomic mass is 10.0. The fourth-order valence-corrected chi connectivity index (χ4v) is 3.53. The first-order valence-corrected chi connectivity index (χ1v) is 9.78. The van der Waals surface area contributed by atoms with Gasteiger partial charge in [-0.2, -0.15) is 4.98 Å². The monoisotopic (exact) mass is 405 g/mol. The summed E-state index contributed by atoms with van der Waals surface area (Å²) in [5.74, 6) is 0.818. The summed E-state index contributed by atoms with van der Waals surface area (Å²) in [5, 5.41) is 6.90. The van der Waals surface area contributed by atoms with Crippen molar-refractivity contribution in [3.05, 3.63) is 83.2 Å². The molecule has 0 radical (unpaired) electrons. The number of benzene rings is 3. The molecule has 0 saturated carbocycles. The Balaban J connectivity index is 1.39. The second-order valence-corrected chi connectivity index (χ2v) is 7.29. The van der Waals surface area contributed by atoms with Crippen LogP contribution in [0.25, 0.3) is 22.2 Å². The van der Waals surface area contributed by atoms with Crippen LogP contribution in [0.15, 0.2) is 71.3 Å². The number of rotatable bonds is 6. The first-order valence-electron chi connectivity index (χ1n) is 9.40. The molecule has 4 aromatic rings. The molecule has 3 aromatic carbocycles. The molecule has 0 saturated heterocycles. The highest BCUT2D eigenvalue weighted by molar-refractivity contribution is 6.33. The summed E-state index contributed by atoms with van der Waals surface area (Å²) in [4.78, 5) is 18.6. The van der Waals surface area contributed by atoms with Gasteiger partial charge in [0.1, 0.15) is 0 Å². The quantitative estimate of drug-likeness (QED) is 0.446. The van der Waals surface area contributed by atoms with Gasteiger partial charge < -0.3 is 9.42 Å². The number of carbonyl (C=O) groups excluding carboxylic acids is 1. The number of aromatic nitrogens is 2. The Kier molecular flexibility index (Phi) is 5.58. The van der Waals surface area contributed by atoms with Gasteiger partial charge >= 0.3 is 0 Å². The van der Waals surface area contributed by atoms with Crippen molar-refractivity contribution < 1.29 is 9.32 Å². The maximum atomic E-state index is 12.6. The fourth-order valence-electron chi connectivity index (χ4n) is 3.31. The third-order valence-corrected chi connectivity index (χ3v) is 5.20. The van der Waals surface area contributed by atoms with Crippen molar-refractivity contribution in [3.8, 4) is 11.4 Å². The van der Waals surface area contributed by atoms with Crippen LogP contribution in [0.1, 0.15) is 17.9 Å². The number of halogens is 1. The first-order chi connectivity index (χ1) is 14.1. The van der Waals surface area contributed by atoms with Crippen LogP contribution in [0.3, 0.4) is 0 Å². The topological polar surface area (TPSA) is 59.2 Å². The number of aryl methyl sites for hydroxylation is 1. The molecular formula is C23H20ClN3O2. The largest absolute Gasteiger partial charge is 0.337 e. The second kappa shape index (κ2) is 8.45. The average molecular weight is 406 g/mol. The number of carbonyl (C=O) groups is 1. The number of amides is 1. The van der Waals surface area contributed by atoms with Crippen molar-refractivity contribution in [3.63, 3.8) is 0 Å². The summed E-state index contributed by atoms with van der Waals surface area (Å²) < 4.78 is 5.30. The molecule has 0 atom stereocenters. The van der Waals surface area contributed by atoms with Crippen molar-refractivity contribution in [2.24, 2.45) is 0 Å². The van der Waals surface area contributed by atoms with E-state index in [0.717, 1.165) is 0 Å². The highest BCUT2D eigenvalue weighted by Crippen LogP contribution is 2.25. The molecule has 0 unspecified atom stereocenters. The summed E-state index contributed by atoms with van der Waals surface area (Å²) in [6.07, 6.45) is 1.09. The zero-order chi connectivity index (χ0) is 20.2. The van der Waals surface area contributed by atoms with Crippen LogP contribution in [-0.4, -0.2) is 28.0 Å². The molecule has 0 aliphatic carbocycles. The van der Waals surface area contributed by atoms with Crippen molar-refractivity contribution in [2.45, 2.75) is 19.4 Å². The number of hydrogen-bond donors (Lipinski definition) is 0. The van der Waals surface area contributed by atoms with E-state index in [-0.39, 0.29) is 12.5 Å². The number of fused-ring (bicyclic) bond motifs is 1. The minimum Gasteiger partial charge on any atom is -0.337 e. The van der Waals surface area contributed by atoms with Gasteiger partial charge in [0.15, 0.2) is 0 Å². The smallest absolute Gasteiger partial charge is 0.246 e. The highest BCUT2D eigenvalue weighted by atomic mass is 35.5. The van der Waals surface area contributed by atoms with E-state index in [9.17, 15) is 4.79 Å². The van der Waals surface area contributed by atoms with E-state index in [1.165, 1.54) is 16.3 Å². The van der Waals surface area contributed by atoms with Gasteiger partial charge in [-0.05, 0) is 34.9 Å². The Morgan fingerprint density at radius 1 is 1.03 bits per heavy atom. The Bertz CT molecular complexity index is 1150. The predicted octanol–water partition coefficient (Wildman–Crippen LogP) is 5.13. The molecule has 1 amide bonds. The third kappa shape index (κ3) is 4.30. The van der Waals surface area contributed by atoms with Gasteiger partial charge in [-0.15, -0.1) is 0 Å². The zero-order valence-electron chi connectivity index (χ0n) is 16.0. The molecule has 0 N–H and O–H groups in total. The van der Waals surface area contributed by atoms with Gasteiger partial charge in [0, 0.05) is 19.0 Å². The molecule has 6 heteroatoms. The molecule has 0 fully saturated rings. The molecule has 1 aromatic heterocycles. The van der Waals surface area contributed by atoms with Crippen LogP contribution in [0.5, 0.6) is 0 Å². The highest BCUT2D eigenvalue weighted by Gasteiger charge is 2.16.